The second-order valence-electron chi connectivity index (χ2n) is 8.42. The number of hydrogen-bond donors (Lipinski definition) is 1. The summed E-state index contributed by atoms with van der Waals surface area (Å²) >= 11 is 3.36. The molecule has 1 saturated heterocycles. The molecule has 1 aromatic carbocycles. The van der Waals surface area contributed by atoms with E-state index in [0.717, 1.165) is 23.7 Å². The van der Waals surface area contributed by atoms with Gasteiger partial charge in [0, 0.05) is 23.1 Å². The molecule has 1 unspecified atom stereocenters. The predicted molar refractivity (Wildman–Crippen MR) is 129 cm³/mol. The van der Waals surface area contributed by atoms with Crippen molar-refractivity contribution in [2.24, 2.45) is 0 Å². The molecule has 6 nitrogen and oxygen atoms in total. The van der Waals surface area contributed by atoms with Gasteiger partial charge in [0.25, 0.3) is 5.91 Å². The monoisotopic (exact) mass is 508 g/mol. The molecule has 1 aromatic rings. The molecule has 7 heteroatoms. The highest BCUT2D eigenvalue weighted by molar-refractivity contribution is 9.10. The van der Waals surface area contributed by atoms with E-state index in [9.17, 15) is 14.4 Å². The summed E-state index contributed by atoms with van der Waals surface area (Å²) in [5, 5.41) is 2.75. The summed E-state index contributed by atoms with van der Waals surface area (Å²) in [6.07, 6.45) is 12.0. The number of esters is 1. The Morgan fingerprint density at radius 1 is 1.06 bits per heavy atom. The van der Waals surface area contributed by atoms with Crippen LogP contribution in [0, 0.1) is 0 Å². The van der Waals surface area contributed by atoms with Gasteiger partial charge in [-0.15, -0.1) is 0 Å². The number of piperazine rings is 1. The van der Waals surface area contributed by atoms with Crippen LogP contribution in [0.2, 0.25) is 0 Å². The maximum Gasteiger partial charge on any atom is 0.308 e. The van der Waals surface area contributed by atoms with E-state index < -0.39 is 12.0 Å². The molecule has 0 aromatic heterocycles. The molecule has 1 aliphatic heterocycles. The highest BCUT2D eigenvalue weighted by Crippen LogP contribution is 2.18. The molecule has 2 rings (SSSR count). The molecule has 0 radical (unpaired) electrons. The van der Waals surface area contributed by atoms with E-state index in [1.165, 1.54) is 49.8 Å². The van der Waals surface area contributed by atoms with Gasteiger partial charge in [-0.2, -0.15) is 0 Å². The van der Waals surface area contributed by atoms with E-state index in [0.29, 0.717) is 25.3 Å². The van der Waals surface area contributed by atoms with Crippen LogP contribution in [0.3, 0.4) is 0 Å². The molecule has 1 atom stereocenters. The zero-order valence-electron chi connectivity index (χ0n) is 19.2. The number of halogens is 1. The van der Waals surface area contributed by atoms with Crippen LogP contribution in [-0.4, -0.2) is 48.4 Å². The van der Waals surface area contributed by atoms with Crippen molar-refractivity contribution in [1.29, 1.82) is 0 Å². The average Bonchev–Trinajstić information content (AvgIpc) is 2.78. The summed E-state index contributed by atoms with van der Waals surface area (Å²) in [5.74, 6) is -1.00. The first-order chi connectivity index (χ1) is 15.5. The number of unbranched alkanes of at least 4 members (excludes halogenated alkanes) is 9. The molecule has 2 amide bonds. The van der Waals surface area contributed by atoms with Gasteiger partial charge in [0.05, 0.1) is 13.0 Å². The van der Waals surface area contributed by atoms with Crippen molar-refractivity contribution in [2.75, 3.05) is 19.7 Å². The third-order valence-electron chi connectivity index (χ3n) is 5.78. The Morgan fingerprint density at radius 2 is 1.72 bits per heavy atom. The van der Waals surface area contributed by atoms with Crippen molar-refractivity contribution in [3.05, 3.63) is 34.3 Å². The number of nitrogens with zero attached hydrogens (tertiary/aromatic N) is 1. The van der Waals surface area contributed by atoms with E-state index in [1.54, 1.807) is 18.2 Å². The lowest BCUT2D eigenvalue weighted by Crippen LogP contribution is -2.57. The summed E-state index contributed by atoms with van der Waals surface area (Å²) in [5.41, 5.74) is 0.484. The zero-order chi connectivity index (χ0) is 23.2. The highest BCUT2D eigenvalue weighted by Gasteiger charge is 2.35. The lowest BCUT2D eigenvalue weighted by molar-refractivity contribution is -0.147. The number of rotatable bonds is 14. The zero-order valence-corrected chi connectivity index (χ0v) is 20.8. The lowest BCUT2D eigenvalue weighted by Gasteiger charge is -2.34. The van der Waals surface area contributed by atoms with Crippen molar-refractivity contribution in [2.45, 2.75) is 83.6 Å². The quantitative estimate of drug-likeness (QED) is 0.275. The van der Waals surface area contributed by atoms with Gasteiger partial charge in [-0.1, -0.05) is 86.7 Å². The van der Waals surface area contributed by atoms with E-state index >= 15 is 0 Å². The van der Waals surface area contributed by atoms with Gasteiger partial charge in [-0.05, 0) is 24.6 Å². The number of hydrogen-bond acceptors (Lipinski definition) is 4. The first kappa shape index (κ1) is 26.4. The Labute approximate surface area is 200 Å². The van der Waals surface area contributed by atoms with Crippen LogP contribution in [-0.2, 0) is 14.3 Å². The van der Waals surface area contributed by atoms with Crippen LogP contribution in [0.25, 0.3) is 0 Å². The molecule has 1 N–H and O–H groups in total. The largest absolute Gasteiger partial charge is 0.466 e. The van der Waals surface area contributed by atoms with Gasteiger partial charge in [0.2, 0.25) is 5.91 Å². The van der Waals surface area contributed by atoms with Gasteiger partial charge < -0.3 is 15.0 Å². The molecule has 0 saturated carbocycles. The molecule has 0 aliphatic carbocycles. The Hall–Kier alpha value is -1.89. The number of ether oxygens (including phenoxy) is 1. The molecule has 1 heterocycles. The first-order valence-corrected chi connectivity index (χ1v) is 12.8. The van der Waals surface area contributed by atoms with Crippen LogP contribution < -0.4 is 5.32 Å². The second-order valence-corrected chi connectivity index (χ2v) is 9.34. The van der Waals surface area contributed by atoms with E-state index in [1.807, 2.05) is 6.07 Å². The van der Waals surface area contributed by atoms with Gasteiger partial charge in [0.15, 0.2) is 0 Å². The van der Waals surface area contributed by atoms with Crippen LogP contribution in [0.1, 0.15) is 87.9 Å². The number of carbonyl (C=O) groups is 3. The molecule has 0 bridgehead atoms. The van der Waals surface area contributed by atoms with E-state index in [-0.39, 0.29) is 18.2 Å². The van der Waals surface area contributed by atoms with E-state index in [2.05, 4.69) is 28.2 Å². The Bertz CT molecular complexity index is 740. The number of carbonyl (C=O) groups excluding carboxylic acids is 3. The number of nitrogens with one attached hydrogen (secondary N) is 1. The fourth-order valence-electron chi connectivity index (χ4n) is 3.94. The Kier molecular flexibility index (Phi) is 12.4. The maximum absolute atomic E-state index is 12.9. The van der Waals surface area contributed by atoms with Crippen molar-refractivity contribution in [3.8, 4) is 0 Å². The minimum Gasteiger partial charge on any atom is -0.466 e. The van der Waals surface area contributed by atoms with Crippen molar-refractivity contribution in [1.82, 2.24) is 10.2 Å². The summed E-state index contributed by atoms with van der Waals surface area (Å²) in [6.45, 7) is 3.34. The van der Waals surface area contributed by atoms with Crippen LogP contribution in [0.15, 0.2) is 28.7 Å². The van der Waals surface area contributed by atoms with Gasteiger partial charge in [-0.3, -0.25) is 14.4 Å². The highest BCUT2D eigenvalue weighted by atomic mass is 79.9. The molecule has 0 spiro atoms. The Balaban J connectivity index is 1.69. The van der Waals surface area contributed by atoms with Crippen LogP contribution in [0.4, 0.5) is 0 Å². The predicted octanol–water partition coefficient (Wildman–Crippen LogP) is 5.24. The van der Waals surface area contributed by atoms with Crippen molar-refractivity contribution >= 4 is 33.7 Å². The molecule has 1 fully saturated rings. The molecular formula is C25H37BrN2O4. The Morgan fingerprint density at radius 3 is 2.38 bits per heavy atom. The van der Waals surface area contributed by atoms with Crippen LogP contribution >= 0.6 is 15.9 Å². The van der Waals surface area contributed by atoms with Crippen molar-refractivity contribution < 1.29 is 19.1 Å². The summed E-state index contributed by atoms with van der Waals surface area (Å²) in [6, 6.07) is 6.20. The lowest BCUT2D eigenvalue weighted by atomic mass is 10.1. The maximum atomic E-state index is 12.9. The topological polar surface area (TPSA) is 75.7 Å². The summed E-state index contributed by atoms with van der Waals surface area (Å²) in [4.78, 5) is 39.1. The molecular weight excluding hydrogens is 472 g/mol. The molecule has 178 valence electrons. The van der Waals surface area contributed by atoms with E-state index in [4.69, 9.17) is 4.74 Å². The first-order valence-electron chi connectivity index (χ1n) is 12.0. The minimum absolute atomic E-state index is 0.122. The SMILES string of the molecule is CCCCCCCCCCCCOC(=O)CC1C(=O)NCCN1C(=O)c1cccc(Br)c1. The fraction of sp³-hybridized carbons (Fsp3) is 0.640. The number of benzene rings is 1. The fourth-order valence-corrected chi connectivity index (χ4v) is 4.34. The third kappa shape index (κ3) is 9.31. The van der Waals surface area contributed by atoms with Crippen molar-refractivity contribution in [3.63, 3.8) is 0 Å². The van der Waals surface area contributed by atoms with Gasteiger partial charge in [-0.25, -0.2) is 0 Å². The van der Waals surface area contributed by atoms with Gasteiger partial charge >= 0.3 is 5.97 Å². The average molecular weight is 509 g/mol. The third-order valence-corrected chi connectivity index (χ3v) is 6.28. The van der Waals surface area contributed by atoms with Crippen LogP contribution in [0.5, 0.6) is 0 Å². The summed E-state index contributed by atoms with van der Waals surface area (Å²) in [7, 11) is 0. The molecule has 1 aliphatic rings. The number of amides is 2. The van der Waals surface area contributed by atoms with Gasteiger partial charge in [0.1, 0.15) is 6.04 Å². The molecule has 32 heavy (non-hydrogen) atoms. The minimum atomic E-state index is -0.838. The smallest absolute Gasteiger partial charge is 0.308 e. The second kappa shape index (κ2) is 15.0. The summed E-state index contributed by atoms with van der Waals surface area (Å²) < 4.78 is 6.14. The standard InChI is InChI=1S/C25H37BrN2O4/c1-2-3-4-5-6-7-8-9-10-11-17-32-23(29)19-22-24(30)27-15-16-28(22)25(31)20-13-12-14-21(26)18-20/h12-14,18,22H,2-11,15-17,19H2,1H3,(H,27,30). The normalized spacial score (nSPS) is 16.0.